The molecule has 0 spiro atoms. The van der Waals surface area contributed by atoms with Crippen LogP contribution < -0.4 is 40.9 Å². The van der Waals surface area contributed by atoms with Crippen molar-refractivity contribution in [2.75, 3.05) is 219 Å². The van der Waals surface area contributed by atoms with Crippen molar-refractivity contribution in [1.29, 1.82) is 0 Å². The van der Waals surface area contributed by atoms with Gasteiger partial charge in [0.05, 0.1) is 119 Å². The molecule has 7 N–H and O–H groups in total. The number of carbonyl (C=O) groups excluding carboxylic acids is 14. The molecule has 0 bridgehead atoms. The van der Waals surface area contributed by atoms with Gasteiger partial charge in [-0.1, -0.05) is 19.3 Å². The monoisotopic (exact) mass is 1840 g/mol. The molecular formula is C93H122N12O27. The molecule has 0 unspecified atom stereocenters. The van der Waals surface area contributed by atoms with E-state index in [0.29, 0.717) is 214 Å². The Morgan fingerprint density at radius 3 is 0.924 bits per heavy atom. The van der Waals surface area contributed by atoms with Gasteiger partial charge in [0.15, 0.2) is 0 Å². The van der Waals surface area contributed by atoms with E-state index in [9.17, 15) is 77.3 Å². The fraction of sp³-hybridized carbons (Fsp3) is 0.527. The summed E-state index contributed by atoms with van der Waals surface area (Å²) in [5, 5.41) is 35.0. The van der Waals surface area contributed by atoms with Crippen LogP contribution in [-0.2, 0) is 61.9 Å². The molecule has 0 aliphatic carbocycles. The van der Waals surface area contributed by atoms with Crippen LogP contribution in [0.2, 0.25) is 0 Å². The summed E-state index contributed by atoms with van der Waals surface area (Å²) in [5.41, 5.74) is 2.45. The van der Waals surface area contributed by atoms with Crippen molar-refractivity contribution >= 4 is 104 Å². The third-order valence-electron chi connectivity index (χ3n) is 21.9. The summed E-state index contributed by atoms with van der Waals surface area (Å²) in [6, 6.07) is 19.6. The number of carbonyl (C=O) groups is 14. The van der Waals surface area contributed by atoms with Gasteiger partial charge in [0, 0.05) is 194 Å². The molecule has 0 atom stereocenters. The fourth-order valence-electron chi connectivity index (χ4n) is 14.9. The molecule has 10 rings (SSSR count). The number of nitrogens with zero attached hydrogens (tertiary/aromatic N) is 7. The summed E-state index contributed by atoms with van der Waals surface area (Å²) in [7, 11) is 7.39. The highest BCUT2D eigenvalue weighted by atomic mass is 16.7. The van der Waals surface area contributed by atoms with Gasteiger partial charge in [-0.3, -0.25) is 81.9 Å². The number of hydrogen-bond acceptors (Lipinski definition) is 29. The van der Waals surface area contributed by atoms with Gasteiger partial charge >= 0.3 is 5.97 Å². The predicted molar refractivity (Wildman–Crippen MR) is 478 cm³/mol. The molecule has 0 radical (unpaired) electrons. The predicted octanol–water partition coefficient (Wildman–Crippen LogP) is 5.10. The standard InChI is InChI=1S/C93H122N12O27/c1-99(2)38-40-103-90(118)70-23-19-66-81-67(20-24-71(83(70)81)91(103)119)87(115)101(86(66)114)36-12-6-8-16-74(106)96-34-46-124-50-54-128-58-56-126-52-48-122-44-29-76(108)94-32-14-42-130-64-60-63(85(113)98-31-11-5-10-18-80(112)132-105-78(110)27-28-79(105)111)61-65(62-64)131-43-15-33-95-77(109)30-45-123-49-53-127-57-59-129-55-51-125-47-35-97-75(107)17-9-7-13-37-102-88(116)68-21-25-72-84-73(26-22-69(82(68)84)89(102)117)93(121)104(92(72)120)41-39-100(3)4/h19-28,60-62,110-111H,5-18,29-59H2,1-4H3,(H,94,108)(H,95,109)(H,96,106)(H,97,107)(H,98,113). The molecule has 1 aromatic heterocycles. The smallest absolute Gasteiger partial charge is 0.333 e. The molecule has 39 heteroatoms. The Morgan fingerprint density at radius 1 is 0.295 bits per heavy atom. The number of ether oxygens (including phenoxy) is 10. The normalized spacial score (nSPS) is 13.4. The number of unbranched alkanes of at least 4 members (excludes halogenated alkanes) is 6. The molecule has 4 aliphatic rings. The van der Waals surface area contributed by atoms with E-state index < -0.39 is 70.9 Å². The highest BCUT2D eigenvalue weighted by Gasteiger charge is 2.42. The minimum Gasteiger partial charge on any atom is -0.493 e. The van der Waals surface area contributed by atoms with Crippen molar-refractivity contribution in [3.8, 4) is 23.3 Å². The summed E-state index contributed by atoms with van der Waals surface area (Å²) >= 11 is 0. The van der Waals surface area contributed by atoms with Gasteiger partial charge in [0.2, 0.25) is 35.4 Å². The average molecular weight is 1840 g/mol. The van der Waals surface area contributed by atoms with Gasteiger partial charge < -0.3 is 98.8 Å². The van der Waals surface area contributed by atoms with Crippen LogP contribution in [0.4, 0.5) is 0 Å². The van der Waals surface area contributed by atoms with Crippen molar-refractivity contribution in [2.45, 2.75) is 103 Å². The first-order valence-electron chi connectivity index (χ1n) is 45.0. The number of aromatic hydroxyl groups is 2. The van der Waals surface area contributed by atoms with Gasteiger partial charge in [-0.05, 0) is 140 Å². The summed E-state index contributed by atoms with van der Waals surface area (Å²) in [6.07, 6.45) is 6.36. The summed E-state index contributed by atoms with van der Waals surface area (Å²) in [5.74, 6) is -5.76. The third kappa shape index (κ3) is 30.1. The topological polar surface area (TPSA) is 465 Å². The molecule has 0 saturated carbocycles. The second-order valence-corrected chi connectivity index (χ2v) is 32.2. The molecule has 6 aromatic rings. The SMILES string of the molecule is CN(C)CCN1C(=O)c2ccc3c4c(ccc(c24)C1=O)C(=O)N(CCCCCC(=O)NCCOCCOCCOCCOCCC(=O)NCCCOc1cc(OCCCNC(=O)CCOCCOCCOCCOCCNC(=O)CCCCCN2C(=O)c4ccc5c6c(ccc(c46)C2=O)C(=O)N(CCN(C)C)C5=O)cc(C(=O)NCCCCCC(=O)On2c(O)ccc2O)c1)C3=O. The Hall–Kier alpha value is -11.9. The molecule has 4 aliphatic heterocycles. The van der Waals surface area contributed by atoms with E-state index >= 15 is 0 Å². The summed E-state index contributed by atoms with van der Waals surface area (Å²) < 4.78 is 57.2. The van der Waals surface area contributed by atoms with E-state index in [1.807, 2.05) is 38.0 Å². The van der Waals surface area contributed by atoms with Crippen LogP contribution in [0.25, 0.3) is 21.5 Å². The van der Waals surface area contributed by atoms with Crippen molar-refractivity contribution in [3.05, 3.63) is 129 Å². The number of nitrogens with one attached hydrogen (secondary N) is 5. The number of likely N-dealkylation sites (N-methyl/N-ethyl adjacent to an activating group) is 2. The Kier molecular flexibility index (Phi) is 41.5. The lowest BCUT2D eigenvalue weighted by Crippen LogP contribution is -2.45. The molecule has 716 valence electrons. The number of aromatic nitrogens is 1. The largest absolute Gasteiger partial charge is 0.493 e. The molecule has 39 nitrogen and oxygen atoms in total. The van der Waals surface area contributed by atoms with Gasteiger partial charge in [0.25, 0.3) is 53.2 Å². The van der Waals surface area contributed by atoms with Crippen molar-refractivity contribution in [1.82, 2.24) is 60.7 Å². The fourth-order valence-corrected chi connectivity index (χ4v) is 14.9. The lowest BCUT2D eigenvalue weighted by Gasteiger charge is -2.32. The molecular weight excluding hydrogens is 1720 g/mol. The van der Waals surface area contributed by atoms with Crippen LogP contribution in [0.3, 0.4) is 0 Å². The van der Waals surface area contributed by atoms with Crippen LogP contribution in [-0.4, -0.2) is 346 Å². The van der Waals surface area contributed by atoms with E-state index in [-0.39, 0.29) is 191 Å². The van der Waals surface area contributed by atoms with Gasteiger partial charge in [0.1, 0.15) is 11.5 Å². The number of rotatable bonds is 66. The molecule has 5 aromatic carbocycles. The zero-order valence-corrected chi connectivity index (χ0v) is 75.6. The van der Waals surface area contributed by atoms with Crippen LogP contribution in [0.1, 0.15) is 196 Å². The van der Waals surface area contributed by atoms with E-state index in [1.165, 1.54) is 31.7 Å². The van der Waals surface area contributed by atoms with E-state index in [4.69, 9.17) is 52.2 Å². The quantitative estimate of drug-likeness (QED) is 0.0193. The maximum absolute atomic E-state index is 13.7. The van der Waals surface area contributed by atoms with Crippen LogP contribution >= 0.6 is 0 Å². The maximum Gasteiger partial charge on any atom is 0.333 e. The van der Waals surface area contributed by atoms with Crippen molar-refractivity contribution < 1.29 is 130 Å². The van der Waals surface area contributed by atoms with Gasteiger partial charge in [-0.2, -0.15) is 0 Å². The second kappa shape index (κ2) is 53.6. The highest BCUT2D eigenvalue weighted by molar-refractivity contribution is 6.35. The first kappa shape index (κ1) is 102. The number of imide groups is 4. The second-order valence-electron chi connectivity index (χ2n) is 32.2. The van der Waals surface area contributed by atoms with E-state index in [1.54, 1.807) is 66.7 Å². The highest BCUT2D eigenvalue weighted by Crippen LogP contribution is 2.40. The Morgan fingerprint density at radius 2 is 0.583 bits per heavy atom. The number of hydrogen-bond donors (Lipinski definition) is 7. The Bertz CT molecular complexity index is 4600. The van der Waals surface area contributed by atoms with Crippen molar-refractivity contribution in [2.24, 2.45) is 0 Å². The van der Waals surface area contributed by atoms with Crippen LogP contribution in [0.5, 0.6) is 23.3 Å². The van der Waals surface area contributed by atoms with Crippen molar-refractivity contribution in [3.63, 3.8) is 0 Å². The van der Waals surface area contributed by atoms with Gasteiger partial charge in [-0.15, -0.1) is 4.73 Å². The molecule has 13 amide bonds. The van der Waals surface area contributed by atoms with Gasteiger partial charge in [-0.25, -0.2) is 4.79 Å². The van der Waals surface area contributed by atoms with Crippen LogP contribution in [0.15, 0.2) is 78.9 Å². The Labute approximate surface area is 765 Å². The van der Waals surface area contributed by atoms with E-state index in [0.717, 1.165) is 0 Å². The zero-order valence-electron chi connectivity index (χ0n) is 75.6. The first-order chi connectivity index (χ1) is 63.9. The minimum absolute atomic E-state index is 0.00710. The first-order valence-corrected chi connectivity index (χ1v) is 45.0. The zero-order chi connectivity index (χ0) is 94.3. The summed E-state index contributed by atoms with van der Waals surface area (Å²) in [6.45, 7) is 8.13. The number of benzene rings is 5. The lowest BCUT2D eigenvalue weighted by molar-refractivity contribution is -0.145. The maximum atomic E-state index is 13.7. The molecule has 0 saturated heterocycles. The Balaban J connectivity index is 0.498. The minimum atomic E-state index is -0.660. The molecule has 132 heavy (non-hydrogen) atoms. The lowest BCUT2D eigenvalue weighted by atomic mass is 9.86. The summed E-state index contributed by atoms with van der Waals surface area (Å²) in [4.78, 5) is 198. The molecule has 0 fully saturated rings. The van der Waals surface area contributed by atoms with E-state index in [2.05, 4.69) is 26.6 Å². The number of amides is 13. The average Bonchev–Trinajstić information content (AvgIpc) is 0.751. The van der Waals surface area contributed by atoms with Crippen LogP contribution in [0, 0.1) is 0 Å². The third-order valence-corrected chi connectivity index (χ3v) is 21.9. The molecule has 5 heterocycles.